The number of ketones is 1. The number of benzene rings is 1. The molecule has 0 spiro atoms. The van der Waals surface area contributed by atoms with Gasteiger partial charge in [0.15, 0.2) is 5.78 Å². The van der Waals surface area contributed by atoms with E-state index < -0.39 is 0 Å². The Kier molecular flexibility index (Phi) is 3.97. The average molecular weight is 209 g/mol. The first kappa shape index (κ1) is 11.9. The van der Waals surface area contributed by atoms with Crippen LogP contribution in [-0.2, 0) is 0 Å². The van der Waals surface area contributed by atoms with Crippen LogP contribution >= 0.6 is 0 Å². The van der Waals surface area contributed by atoms with Gasteiger partial charge in [-0.15, -0.1) is 0 Å². The summed E-state index contributed by atoms with van der Waals surface area (Å²) in [5.41, 5.74) is 6.31. The minimum absolute atomic E-state index is 0.0237. The van der Waals surface area contributed by atoms with Gasteiger partial charge in [-0.2, -0.15) is 0 Å². The van der Waals surface area contributed by atoms with Crippen LogP contribution in [0.3, 0.4) is 0 Å². The van der Waals surface area contributed by atoms with Gasteiger partial charge in [-0.3, -0.25) is 4.79 Å². The number of hydrogen-bond donors (Lipinski definition) is 1. The number of halogens is 1. The summed E-state index contributed by atoms with van der Waals surface area (Å²) in [6.45, 7) is 3.75. The zero-order valence-electron chi connectivity index (χ0n) is 9.03. The van der Waals surface area contributed by atoms with Gasteiger partial charge in [0.2, 0.25) is 0 Å². The van der Waals surface area contributed by atoms with Crippen LogP contribution in [0.5, 0.6) is 0 Å². The summed E-state index contributed by atoms with van der Waals surface area (Å²) in [5, 5.41) is 0. The van der Waals surface area contributed by atoms with Crippen molar-refractivity contribution in [3.05, 3.63) is 35.6 Å². The molecule has 3 heteroatoms. The largest absolute Gasteiger partial charge is 0.327 e. The summed E-state index contributed by atoms with van der Waals surface area (Å²) in [7, 11) is 0. The van der Waals surface area contributed by atoms with E-state index in [0.717, 1.165) is 6.42 Å². The van der Waals surface area contributed by atoms with E-state index in [4.69, 9.17) is 5.73 Å². The van der Waals surface area contributed by atoms with Crippen LogP contribution in [0.4, 0.5) is 4.39 Å². The second kappa shape index (κ2) is 5.03. The molecular formula is C12H16FNO. The molecule has 2 atom stereocenters. The summed E-state index contributed by atoms with van der Waals surface area (Å²) in [5.74, 6) is -0.580. The monoisotopic (exact) mass is 209 g/mol. The second-order valence-corrected chi connectivity index (χ2v) is 3.73. The average Bonchev–Trinajstić information content (AvgIpc) is 2.27. The van der Waals surface area contributed by atoms with Crippen molar-refractivity contribution in [1.82, 2.24) is 0 Å². The Balaban J connectivity index is 2.80. The molecule has 1 aromatic rings. The first-order valence-corrected chi connectivity index (χ1v) is 5.11. The van der Waals surface area contributed by atoms with Gasteiger partial charge in [0.25, 0.3) is 0 Å². The molecule has 0 bridgehead atoms. The lowest BCUT2D eigenvalue weighted by molar-refractivity contribution is 0.0912. The van der Waals surface area contributed by atoms with Crippen molar-refractivity contribution in [2.24, 2.45) is 11.7 Å². The van der Waals surface area contributed by atoms with E-state index in [9.17, 15) is 9.18 Å². The van der Waals surface area contributed by atoms with E-state index in [0.29, 0.717) is 5.56 Å². The van der Waals surface area contributed by atoms with Crippen molar-refractivity contribution in [1.29, 1.82) is 0 Å². The van der Waals surface area contributed by atoms with Crippen molar-refractivity contribution in [2.45, 2.75) is 26.3 Å². The van der Waals surface area contributed by atoms with Gasteiger partial charge in [0.05, 0.1) is 0 Å². The van der Waals surface area contributed by atoms with Gasteiger partial charge in [-0.05, 0) is 30.7 Å². The highest BCUT2D eigenvalue weighted by Crippen LogP contribution is 2.13. The number of rotatable bonds is 4. The van der Waals surface area contributed by atoms with E-state index >= 15 is 0 Å². The fraction of sp³-hybridized carbons (Fsp3) is 0.417. The zero-order valence-corrected chi connectivity index (χ0v) is 9.03. The topological polar surface area (TPSA) is 43.1 Å². The van der Waals surface area contributed by atoms with Crippen LogP contribution in [-0.4, -0.2) is 11.8 Å². The Hall–Kier alpha value is -1.22. The third-order valence-corrected chi connectivity index (χ3v) is 2.66. The Morgan fingerprint density at radius 3 is 2.40 bits per heavy atom. The van der Waals surface area contributed by atoms with Crippen LogP contribution in [0.1, 0.15) is 30.6 Å². The molecule has 82 valence electrons. The van der Waals surface area contributed by atoms with E-state index in [1.807, 2.05) is 6.92 Å². The molecule has 0 aromatic heterocycles. The molecule has 2 unspecified atom stereocenters. The molecule has 2 nitrogen and oxygen atoms in total. The maximum atomic E-state index is 12.6. The van der Waals surface area contributed by atoms with Crippen molar-refractivity contribution in [3.8, 4) is 0 Å². The van der Waals surface area contributed by atoms with Crippen molar-refractivity contribution < 1.29 is 9.18 Å². The van der Waals surface area contributed by atoms with Gasteiger partial charge in [0, 0.05) is 17.5 Å². The third-order valence-electron chi connectivity index (χ3n) is 2.66. The van der Waals surface area contributed by atoms with Crippen molar-refractivity contribution >= 4 is 5.78 Å². The maximum absolute atomic E-state index is 12.6. The minimum atomic E-state index is -0.334. The Morgan fingerprint density at radius 1 is 1.40 bits per heavy atom. The molecule has 0 heterocycles. The van der Waals surface area contributed by atoms with Gasteiger partial charge in [-0.1, -0.05) is 13.8 Å². The van der Waals surface area contributed by atoms with E-state index in [-0.39, 0.29) is 23.6 Å². The zero-order chi connectivity index (χ0) is 11.4. The minimum Gasteiger partial charge on any atom is -0.327 e. The summed E-state index contributed by atoms with van der Waals surface area (Å²) in [4.78, 5) is 11.9. The molecular weight excluding hydrogens is 193 g/mol. The molecule has 0 saturated heterocycles. The number of nitrogens with two attached hydrogens (primary N) is 1. The fourth-order valence-electron chi connectivity index (χ4n) is 1.43. The predicted octanol–water partition coefficient (Wildman–Crippen LogP) is 2.38. The van der Waals surface area contributed by atoms with Crippen LogP contribution in [0.15, 0.2) is 24.3 Å². The highest BCUT2D eigenvalue weighted by atomic mass is 19.1. The van der Waals surface area contributed by atoms with E-state index in [1.165, 1.54) is 24.3 Å². The molecule has 0 saturated carbocycles. The molecule has 0 amide bonds. The number of Topliss-reactive ketones (excluding diaryl/α,β-unsaturated/α-hetero) is 1. The summed E-state index contributed by atoms with van der Waals surface area (Å²) < 4.78 is 12.6. The van der Waals surface area contributed by atoms with Crippen LogP contribution in [0.25, 0.3) is 0 Å². The Labute approximate surface area is 89.3 Å². The van der Waals surface area contributed by atoms with Crippen LogP contribution in [0.2, 0.25) is 0 Å². The highest BCUT2D eigenvalue weighted by molar-refractivity contribution is 5.98. The van der Waals surface area contributed by atoms with E-state index in [1.54, 1.807) is 6.92 Å². The van der Waals surface area contributed by atoms with Crippen LogP contribution < -0.4 is 5.73 Å². The standard InChI is InChI=1S/C12H16FNO/c1-3-11(14)8(2)12(15)9-4-6-10(13)7-5-9/h4-8,11H,3,14H2,1-2H3. The smallest absolute Gasteiger partial charge is 0.167 e. The second-order valence-electron chi connectivity index (χ2n) is 3.73. The van der Waals surface area contributed by atoms with Gasteiger partial charge in [-0.25, -0.2) is 4.39 Å². The summed E-state index contributed by atoms with van der Waals surface area (Å²) >= 11 is 0. The molecule has 1 aromatic carbocycles. The molecule has 1 rings (SSSR count). The van der Waals surface area contributed by atoms with Gasteiger partial charge in [0.1, 0.15) is 5.82 Å². The lowest BCUT2D eigenvalue weighted by Gasteiger charge is -2.16. The fourth-order valence-corrected chi connectivity index (χ4v) is 1.43. The maximum Gasteiger partial charge on any atom is 0.167 e. The number of hydrogen-bond acceptors (Lipinski definition) is 2. The van der Waals surface area contributed by atoms with Crippen LogP contribution in [0, 0.1) is 11.7 Å². The Bertz CT molecular complexity index is 334. The molecule has 0 radical (unpaired) electrons. The molecule has 15 heavy (non-hydrogen) atoms. The van der Waals surface area contributed by atoms with E-state index in [2.05, 4.69) is 0 Å². The number of carbonyl (C=O) groups is 1. The third kappa shape index (κ3) is 2.86. The first-order valence-electron chi connectivity index (χ1n) is 5.11. The molecule has 0 aliphatic rings. The van der Waals surface area contributed by atoms with Crippen molar-refractivity contribution in [2.75, 3.05) is 0 Å². The molecule has 2 N–H and O–H groups in total. The summed E-state index contributed by atoms with van der Waals surface area (Å²) in [6, 6.07) is 5.43. The predicted molar refractivity (Wildman–Crippen MR) is 58.2 cm³/mol. The number of carbonyl (C=O) groups excluding carboxylic acids is 1. The molecule has 0 aliphatic carbocycles. The van der Waals surface area contributed by atoms with Gasteiger partial charge < -0.3 is 5.73 Å². The molecule has 0 fully saturated rings. The molecule has 0 aliphatic heterocycles. The van der Waals surface area contributed by atoms with Crippen molar-refractivity contribution in [3.63, 3.8) is 0 Å². The first-order chi connectivity index (χ1) is 7.06. The highest BCUT2D eigenvalue weighted by Gasteiger charge is 2.20. The Morgan fingerprint density at radius 2 is 1.93 bits per heavy atom. The normalized spacial score (nSPS) is 14.7. The lowest BCUT2D eigenvalue weighted by Crippen LogP contribution is -2.32. The lowest BCUT2D eigenvalue weighted by atomic mass is 9.92. The summed E-state index contributed by atoms with van der Waals surface area (Å²) in [6.07, 6.45) is 0.758. The SMILES string of the molecule is CCC(N)C(C)C(=O)c1ccc(F)cc1. The quantitative estimate of drug-likeness (QED) is 0.774. The van der Waals surface area contributed by atoms with Gasteiger partial charge >= 0.3 is 0 Å².